The Balaban J connectivity index is 2.49. The van der Waals surface area contributed by atoms with E-state index < -0.39 is 0 Å². The highest BCUT2D eigenvalue weighted by Gasteiger charge is 2.14. The first-order valence-electron chi connectivity index (χ1n) is 6.69. The molecule has 0 spiro atoms. The molecule has 0 unspecified atom stereocenters. The summed E-state index contributed by atoms with van der Waals surface area (Å²) in [6.07, 6.45) is 0.0113. The van der Waals surface area contributed by atoms with Crippen molar-refractivity contribution in [3.05, 3.63) is 69.8 Å². The Morgan fingerprint density at radius 2 is 0.947 bits per heavy atom. The summed E-state index contributed by atoms with van der Waals surface area (Å²) < 4.78 is 5.74. The normalized spacial score (nSPS) is 11.1. The predicted octanol–water partition coefficient (Wildman–Crippen LogP) is 4.66. The van der Waals surface area contributed by atoms with Gasteiger partial charge in [0.05, 0.1) is 0 Å². The van der Waals surface area contributed by atoms with Crippen LogP contribution in [0, 0.1) is 27.7 Å². The van der Waals surface area contributed by atoms with Crippen molar-refractivity contribution in [3.63, 3.8) is 0 Å². The third kappa shape index (κ3) is 3.24. The minimum absolute atomic E-state index is 0.0113. The molecule has 0 heterocycles. The van der Waals surface area contributed by atoms with Crippen LogP contribution in [0.25, 0.3) is 0 Å². The van der Waals surface area contributed by atoms with Gasteiger partial charge in [-0.05, 0) is 38.8 Å². The van der Waals surface area contributed by atoms with E-state index in [2.05, 4.69) is 64.1 Å². The highest BCUT2D eigenvalue weighted by atomic mass is 16.5. The Hall–Kier alpha value is -1.60. The van der Waals surface area contributed by atoms with Crippen molar-refractivity contribution in [2.75, 3.05) is 7.11 Å². The first-order valence-corrected chi connectivity index (χ1v) is 6.69. The average Bonchev–Trinajstić information content (AvgIpc) is 2.27. The Morgan fingerprint density at radius 3 is 1.21 bits per heavy atom. The zero-order chi connectivity index (χ0) is 14.0. The number of hydrogen-bond acceptors (Lipinski definition) is 1. The lowest BCUT2D eigenvalue weighted by atomic mass is 9.95. The van der Waals surface area contributed by atoms with Crippen LogP contribution in [0.4, 0.5) is 0 Å². The van der Waals surface area contributed by atoms with E-state index in [1.165, 1.54) is 33.4 Å². The molecule has 0 atom stereocenters. The van der Waals surface area contributed by atoms with Crippen molar-refractivity contribution in [3.8, 4) is 0 Å². The molecule has 1 nitrogen and oxygen atoms in total. The minimum atomic E-state index is 0.0113. The number of ether oxygens (including phenoxy) is 1. The molecule has 0 N–H and O–H groups in total. The maximum absolute atomic E-state index is 5.74. The Labute approximate surface area is 116 Å². The molecule has 0 amide bonds. The molecule has 0 bridgehead atoms. The maximum atomic E-state index is 5.74. The lowest BCUT2D eigenvalue weighted by molar-refractivity contribution is 0.136. The Morgan fingerprint density at radius 1 is 0.632 bits per heavy atom. The highest BCUT2D eigenvalue weighted by Crippen LogP contribution is 2.28. The zero-order valence-corrected chi connectivity index (χ0v) is 12.4. The molecule has 0 aliphatic heterocycles. The van der Waals surface area contributed by atoms with E-state index in [0.29, 0.717) is 0 Å². The van der Waals surface area contributed by atoms with E-state index >= 15 is 0 Å². The largest absolute Gasteiger partial charge is 0.372 e. The van der Waals surface area contributed by atoms with Gasteiger partial charge in [-0.15, -0.1) is 0 Å². The van der Waals surface area contributed by atoms with Gasteiger partial charge in [0, 0.05) is 7.11 Å². The molecule has 0 aliphatic rings. The van der Waals surface area contributed by atoms with Crippen molar-refractivity contribution in [2.45, 2.75) is 33.8 Å². The van der Waals surface area contributed by atoms with Crippen LogP contribution in [0.2, 0.25) is 0 Å². The molecular weight excluding hydrogens is 232 g/mol. The summed E-state index contributed by atoms with van der Waals surface area (Å²) in [5.74, 6) is 0. The van der Waals surface area contributed by atoms with Gasteiger partial charge < -0.3 is 4.74 Å². The summed E-state index contributed by atoms with van der Waals surface area (Å²) in [7, 11) is 1.78. The number of aryl methyl sites for hydroxylation is 4. The number of methoxy groups -OCH3 is 1. The second-order valence-corrected chi connectivity index (χ2v) is 5.46. The first kappa shape index (κ1) is 13.8. The Bertz CT molecular complexity index is 492. The van der Waals surface area contributed by atoms with Crippen LogP contribution in [0.15, 0.2) is 36.4 Å². The van der Waals surface area contributed by atoms with Gasteiger partial charge in [0.2, 0.25) is 0 Å². The number of benzene rings is 2. The number of hydrogen-bond donors (Lipinski definition) is 0. The quantitative estimate of drug-likeness (QED) is 0.774. The lowest BCUT2D eigenvalue weighted by Crippen LogP contribution is -2.05. The van der Waals surface area contributed by atoms with E-state index in [1.54, 1.807) is 7.11 Å². The van der Waals surface area contributed by atoms with Crippen molar-refractivity contribution in [2.24, 2.45) is 0 Å². The molecule has 0 radical (unpaired) electrons. The lowest BCUT2D eigenvalue weighted by Gasteiger charge is -2.19. The smallest absolute Gasteiger partial charge is 0.107 e. The van der Waals surface area contributed by atoms with E-state index in [4.69, 9.17) is 4.74 Å². The second kappa shape index (κ2) is 5.58. The highest BCUT2D eigenvalue weighted by molar-refractivity contribution is 5.38. The first-order chi connectivity index (χ1) is 8.99. The van der Waals surface area contributed by atoms with Gasteiger partial charge >= 0.3 is 0 Å². The molecule has 0 aromatic heterocycles. The minimum Gasteiger partial charge on any atom is -0.372 e. The van der Waals surface area contributed by atoms with Crippen molar-refractivity contribution >= 4 is 0 Å². The molecule has 0 saturated carbocycles. The topological polar surface area (TPSA) is 9.23 Å². The second-order valence-electron chi connectivity index (χ2n) is 5.46. The summed E-state index contributed by atoms with van der Waals surface area (Å²) in [4.78, 5) is 0. The summed E-state index contributed by atoms with van der Waals surface area (Å²) in [5, 5.41) is 0. The molecule has 0 aliphatic carbocycles. The van der Waals surface area contributed by atoms with Crippen LogP contribution in [-0.2, 0) is 4.74 Å². The fourth-order valence-electron chi connectivity index (χ4n) is 2.79. The van der Waals surface area contributed by atoms with E-state index in [0.717, 1.165) is 0 Å². The van der Waals surface area contributed by atoms with E-state index in [1.807, 2.05) is 0 Å². The fourth-order valence-corrected chi connectivity index (χ4v) is 2.79. The molecule has 0 fully saturated rings. The fraction of sp³-hybridized carbons (Fsp3) is 0.333. The SMILES string of the molecule is COC(c1cc(C)cc(C)c1)c1cc(C)cc(C)c1. The standard InChI is InChI=1S/C18H22O/c1-12-6-13(2)9-16(8-12)18(19-5)17-10-14(3)7-15(4)11-17/h6-11,18H,1-5H3. The molecule has 2 aromatic rings. The van der Waals surface area contributed by atoms with E-state index in [9.17, 15) is 0 Å². The van der Waals surface area contributed by atoms with Gasteiger partial charge in [0.15, 0.2) is 0 Å². The summed E-state index contributed by atoms with van der Waals surface area (Å²) in [5.41, 5.74) is 7.57. The summed E-state index contributed by atoms with van der Waals surface area (Å²) in [6, 6.07) is 13.2. The van der Waals surface area contributed by atoms with E-state index in [-0.39, 0.29) is 6.10 Å². The van der Waals surface area contributed by atoms with Gasteiger partial charge in [0.1, 0.15) is 6.10 Å². The van der Waals surface area contributed by atoms with Gasteiger partial charge in [-0.25, -0.2) is 0 Å². The third-order valence-electron chi connectivity index (χ3n) is 3.33. The molecule has 1 heteroatoms. The van der Waals surface area contributed by atoms with Gasteiger partial charge in [-0.2, -0.15) is 0 Å². The molecule has 100 valence electrons. The Kier molecular flexibility index (Phi) is 4.06. The van der Waals surface area contributed by atoms with Crippen molar-refractivity contribution < 1.29 is 4.74 Å². The van der Waals surface area contributed by atoms with Crippen LogP contribution in [0.5, 0.6) is 0 Å². The van der Waals surface area contributed by atoms with Crippen LogP contribution in [0.1, 0.15) is 39.5 Å². The molecular formula is C18H22O. The molecule has 2 aromatic carbocycles. The van der Waals surface area contributed by atoms with Gasteiger partial charge in [-0.3, -0.25) is 0 Å². The summed E-state index contributed by atoms with van der Waals surface area (Å²) in [6.45, 7) is 8.52. The van der Waals surface area contributed by atoms with Crippen molar-refractivity contribution in [1.82, 2.24) is 0 Å². The van der Waals surface area contributed by atoms with Crippen LogP contribution in [0.3, 0.4) is 0 Å². The van der Waals surface area contributed by atoms with Crippen LogP contribution in [-0.4, -0.2) is 7.11 Å². The average molecular weight is 254 g/mol. The van der Waals surface area contributed by atoms with Crippen LogP contribution < -0.4 is 0 Å². The van der Waals surface area contributed by atoms with Crippen molar-refractivity contribution in [1.29, 1.82) is 0 Å². The maximum Gasteiger partial charge on any atom is 0.107 e. The third-order valence-corrected chi connectivity index (χ3v) is 3.33. The monoisotopic (exact) mass is 254 g/mol. The van der Waals surface area contributed by atoms with Gasteiger partial charge in [-0.1, -0.05) is 58.7 Å². The number of rotatable bonds is 3. The van der Waals surface area contributed by atoms with Crippen LogP contribution >= 0.6 is 0 Å². The molecule has 19 heavy (non-hydrogen) atoms. The summed E-state index contributed by atoms with van der Waals surface area (Å²) >= 11 is 0. The molecule has 0 saturated heterocycles. The molecule has 2 rings (SSSR count). The predicted molar refractivity (Wildman–Crippen MR) is 80.7 cm³/mol. The van der Waals surface area contributed by atoms with Gasteiger partial charge in [0.25, 0.3) is 0 Å². The zero-order valence-electron chi connectivity index (χ0n) is 12.4.